The summed E-state index contributed by atoms with van der Waals surface area (Å²) in [6.07, 6.45) is 1.73. The van der Waals surface area contributed by atoms with Crippen LogP contribution in [0.2, 0.25) is 10.0 Å². The van der Waals surface area contributed by atoms with Crippen LogP contribution in [0.15, 0.2) is 30.5 Å². The van der Waals surface area contributed by atoms with Crippen LogP contribution in [0.3, 0.4) is 0 Å². The van der Waals surface area contributed by atoms with E-state index in [1.807, 2.05) is 0 Å². The zero-order valence-electron chi connectivity index (χ0n) is 13.1. The highest BCUT2D eigenvalue weighted by Crippen LogP contribution is 2.24. The molecule has 8 heteroatoms. The molecule has 2 heterocycles. The van der Waals surface area contributed by atoms with Crippen LogP contribution in [0.25, 0.3) is 5.69 Å². The Labute approximate surface area is 150 Å². The van der Waals surface area contributed by atoms with Crippen LogP contribution in [0.4, 0.5) is 0 Å². The maximum atomic E-state index is 12.2. The standard InChI is InChI=1S/C16H19Cl2N5O/c17-13-2-1-12(11-14(13)18)23-7-3-15(21-23)16(24)20-6-10-22-8-4-19-5-9-22/h1-3,7,11,19H,4-6,8-10H2,(H,20,24). The Morgan fingerprint density at radius 1 is 1.21 bits per heavy atom. The molecule has 0 atom stereocenters. The minimum absolute atomic E-state index is 0.177. The summed E-state index contributed by atoms with van der Waals surface area (Å²) in [5, 5.41) is 11.4. The maximum absolute atomic E-state index is 12.2. The van der Waals surface area contributed by atoms with Crippen molar-refractivity contribution < 1.29 is 4.79 Å². The van der Waals surface area contributed by atoms with Crippen LogP contribution in [-0.4, -0.2) is 59.9 Å². The molecule has 1 aliphatic rings. The summed E-state index contributed by atoms with van der Waals surface area (Å²) in [7, 11) is 0. The second kappa shape index (κ2) is 7.98. The Hall–Kier alpha value is -1.60. The van der Waals surface area contributed by atoms with Gasteiger partial charge in [0.2, 0.25) is 0 Å². The van der Waals surface area contributed by atoms with E-state index in [4.69, 9.17) is 23.2 Å². The first-order valence-corrected chi connectivity index (χ1v) is 8.61. The largest absolute Gasteiger partial charge is 0.349 e. The zero-order chi connectivity index (χ0) is 16.9. The number of carbonyl (C=O) groups excluding carboxylic acids is 1. The van der Waals surface area contributed by atoms with E-state index in [9.17, 15) is 4.79 Å². The van der Waals surface area contributed by atoms with Gasteiger partial charge in [0.05, 0.1) is 15.7 Å². The molecule has 1 aromatic carbocycles. The van der Waals surface area contributed by atoms with Gasteiger partial charge in [0.1, 0.15) is 0 Å². The van der Waals surface area contributed by atoms with Crippen molar-refractivity contribution in [3.63, 3.8) is 0 Å². The highest BCUT2D eigenvalue weighted by Gasteiger charge is 2.12. The van der Waals surface area contributed by atoms with Crippen LogP contribution in [-0.2, 0) is 0 Å². The van der Waals surface area contributed by atoms with Crippen LogP contribution >= 0.6 is 23.2 Å². The van der Waals surface area contributed by atoms with Gasteiger partial charge in [-0.3, -0.25) is 9.69 Å². The van der Waals surface area contributed by atoms with Gasteiger partial charge in [0.15, 0.2) is 5.69 Å². The lowest BCUT2D eigenvalue weighted by molar-refractivity contribution is 0.0942. The molecule has 0 spiro atoms. The summed E-state index contributed by atoms with van der Waals surface area (Å²) < 4.78 is 1.60. The Kier molecular flexibility index (Phi) is 5.73. The van der Waals surface area contributed by atoms with E-state index >= 15 is 0 Å². The SMILES string of the molecule is O=C(NCCN1CCNCC1)c1ccn(-c2ccc(Cl)c(Cl)c2)n1. The fourth-order valence-corrected chi connectivity index (χ4v) is 2.86. The van der Waals surface area contributed by atoms with Gasteiger partial charge in [-0.25, -0.2) is 4.68 Å². The highest BCUT2D eigenvalue weighted by molar-refractivity contribution is 6.42. The molecule has 0 saturated carbocycles. The molecule has 1 fully saturated rings. The van der Waals surface area contributed by atoms with Crippen molar-refractivity contribution in [1.29, 1.82) is 0 Å². The van der Waals surface area contributed by atoms with Crippen molar-refractivity contribution in [3.8, 4) is 5.69 Å². The Balaban J connectivity index is 1.56. The molecule has 24 heavy (non-hydrogen) atoms. The minimum atomic E-state index is -0.177. The smallest absolute Gasteiger partial charge is 0.271 e. The number of hydrogen-bond acceptors (Lipinski definition) is 4. The second-order valence-corrected chi connectivity index (χ2v) is 6.41. The first kappa shape index (κ1) is 17.2. The van der Waals surface area contributed by atoms with E-state index in [1.165, 1.54) is 0 Å². The molecule has 1 saturated heterocycles. The van der Waals surface area contributed by atoms with Gasteiger partial charge in [0, 0.05) is 45.5 Å². The molecule has 2 aromatic rings. The average Bonchev–Trinajstić information content (AvgIpc) is 3.08. The van der Waals surface area contributed by atoms with Gasteiger partial charge in [-0.1, -0.05) is 23.2 Å². The number of halogens is 2. The lowest BCUT2D eigenvalue weighted by Crippen LogP contribution is -2.46. The first-order valence-electron chi connectivity index (χ1n) is 7.86. The van der Waals surface area contributed by atoms with Crippen molar-refractivity contribution in [1.82, 2.24) is 25.3 Å². The van der Waals surface area contributed by atoms with E-state index in [1.54, 1.807) is 35.1 Å². The minimum Gasteiger partial charge on any atom is -0.349 e. The molecule has 3 rings (SSSR count). The summed E-state index contributed by atoms with van der Waals surface area (Å²) >= 11 is 11.9. The molecule has 2 N–H and O–H groups in total. The van der Waals surface area contributed by atoms with E-state index in [0.717, 1.165) is 38.4 Å². The molecule has 0 bridgehead atoms. The van der Waals surface area contributed by atoms with Gasteiger partial charge in [-0.05, 0) is 24.3 Å². The third-order valence-corrected chi connectivity index (χ3v) is 4.65. The Bertz CT molecular complexity index is 712. The summed E-state index contributed by atoms with van der Waals surface area (Å²) in [5.41, 5.74) is 1.13. The number of aromatic nitrogens is 2. The van der Waals surface area contributed by atoms with Crippen molar-refractivity contribution >= 4 is 29.1 Å². The lowest BCUT2D eigenvalue weighted by atomic mass is 10.3. The van der Waals surface area contributed by atoms with E-state index in [0.29, 0.717) is 22.3 Å². The number of carbonyl (C=O) groups is 1. The molecular formula is C16H19Cl2N5O. The molecule has 128 valence electrons. The van der Waals surface area contributed by atoms with Crippen LogP contribution < -0.4 is 10.6 Å². The number of amides is 1. The molecule has 1 aliphatic heterocycles. The predicted molar refractivity (Wildman–Crippen MR) is 95.2 cm³/mol. The van der Waals surface area contributed by atoms with Crippen LogP contribution in [0.5, 0.6) is 0 Å². The van der Waals surface area contributed by atoms with Gasteiger partial charge < -0.3 is 10.6 Å². The Morgan fingerprint density at radius 3 is 2.75 bits per heavy atom. The van der Waals surface area contributed by atoms with E-state index in [2.05, 4.69) is 20.6 Å². The number of piperazine rings is 1. The van der Waals surface area contributed by atoms with E-state index < -0.39 is 0 Å². The molecule has 0 unspecified atom stereocenters. The van der Waals surface area contributed by atoms with Gasteiger partial charge in [-0.15, -0.1) is 0 Å². The highest BCUT2D eigenvalue weighted by atomic mass is 35.5. The van der Waals surface area contributed by atoms with Crippen LogP contribution in [0, 0.1) is 0 Å². The number of nitrogens with one attached hydrogen (secondary N) is 2. The van der Waals surface area contributed by atoms with Gasteiger partial charge in [0.25, 0.3) is 5.91 Å². The lowest BCUT2D eigenvalue weighted by Gasteiger charge is -2.26. The maximum Gasteiger partial charge on any atom is 0.271 e. The number of nitrogens with zero attached hydrogens (tertiary/aromatic N) is 3. The van der Waals surface area contributed by atoms with Gasteiger partial charge in [-0.2, -0.15) is 5.10 Å². The van der Waals surface area contributed by atoms with E-state index in [-0.39, 0.29) is 5.91 Å². The molecule has 1 amide bonds. The molecule has 0 radical (unpaired) electrons. The monoisotopic (exact) mass is 367 g/mol. The molecule has 6 nitrogen and oxygen atoms in total. The van der Waals surface area contributed by atoms with Crippen molar-refractivity contribution in [2.24, 2.45) is 0 Å². The van der Waals surface area contributed by atoms with Crippen molar-refractivity contribution in [2.45, 2.75) is 0 Å². The second-order valence-electron chi connectivity index (χ2n) is 5.59. The fourth-order valence-electron chi connectivity index (χ4n) is 2.57. The number of benzene rings is 1. The third kappa shape index (κ3) is 4.27. The predicted octanol–water partition coefficient (Wildman–Crippen LogP) is 1.81. The Morgan fingerprint density at radius 2 is 2.00 bits per heavy atom. The normalized spacial score (nSPS) is 15.4. The van der Waals surface area contributed by atoms with Crippen molar-refractivity contribution in [2.75, 3.05) is 39.3 Å². The zero-order valence-corrected chi connectivity index (χ0v) is 14.6. The quantitative estimate of drug-likeness (QED) is 0.845. The number of rotatable bonds is 5. The molecule has 0 aliphatic carbocycles. The van der Waals surface area contributed by atoms with Crippen LogP contribution in [0.1, 0.15) is 10.5 Å². The fraction of sp³-hybridized carbons (Fsp3) is 0.375. The molecular weight excluding hydrogens is 349 g/mol. The first-order chi connectivity index (χ1) is 11.6. The summed E-state index contributed by atoms with van der Waals surface area (Å²) in [6.45, 7) is 5.49. The van der Waals surface area contributed by atoms with Crippen molar-refractivity contribution in [3.05, 3.63) is 46.2 Å². The summed E-state index contributed by atoms with van der Waals surface area (Å²) in [6, 6.07) is 6.90. The topological polar surface area (TPSA) is 62.2 Å². The summed E-state index contributed by atoms with van der Waals surface area (Å²) in [5.74, 6) is -0.177. The third-order valence-electron chi connectivity index (χ3n) is 3.91. The number of hydrogen-bond donors (Lipinski definition) is 2. The van der Waals surface area contributed by atoms with Gasteiger partial charge >= 0.3 is 0 Å². The average molecular weight is 368 g/mol. The molecule has 1 aromatic heterocycles. The summed E-state index contributed by atoms with van der Waals surface area (Å²) in [4.78, 5) is 14.5.